The van der Waals surface area contributed by atoms with Crippen LogP contribution in [0.15, 0.2) is 18.2 Å². The molecule has 3 rings (SSSR count). The molecule has 2 fully saturated rings. The van der Waals surface area contributed by atoms with Crippen LogP contribution < -0.4 is 5.73 Å². The molecule has 2 nitrogen and oxygen atoms in total. The van der Waals surface area contributed by atoms with Crippen LogP contribution in [0.25, 0.3) is 0 Å². The molecular formula is C15H21ClN2. The highest BCUT2D eigenvalue weighted by atomic mass is 35.5. The SMILES string of the molecule is Nc1ccc(Cl)c(CN(CC2CC2)CC2CC2)c1. The maximum atomic E-state index is 6.26. The summed E-state index contributed by atoms with van der Waals surface area (Å²) in [5.41, 5.74) is 7.84. The first-order valence-electron chi connectivity index (χ1n) is 6.97. The minimum Gasteiger partial charge on any atom is -0.399 e. The molecule has 0 spiro atoms. The predicted octanol–water partition coefficient (Wildman–Crippen LogP) is 3.54. The highest BCUT2D eigenvalue weighted by molar-refractivity contribution is 6.31. The molecule has 0 bridgehead atoms. The molecule has 18 heavy (non-hydrogen) atoms. The van der Waals surface area contributed by atoms with Gasteiger partial charge in [0, 0.05) is 30.3 Å². The van der Waals surface area contributed by atoms with E-state index in [4.69, 9.17) is 17.3 Å². The second kappa shape index (κ2) is 5.10. The van der Waals surface area contributed by atoms with Crippen LogP contribution in [0, 0.1) is 11.8 Å². The summed E-state index contributed by atoms with van der Waals surface area (Å²) in [6.45, 7) is 3.43. The van der Waals surface area contributed by atoms with E-state index in [1.54, 1.807) is 0 Å². The Bertz CT molecular complexity index is 411. The molecular weight excluding hydrogens is 244 g/mol. The van der Waals surface area contributed by atoms with E-state index in [0.717, 1.165) is 29.1 Å². The third-order valence-electron chi connectivity index (χ3n) is 3.89. The van der Waals surface area contributed by atoms with Crippen LogP contribution in [0.1, 0.15) is 31.2 Å². The normalized spacial score (nSPS) is 19.4. The van der Waals surface area contributed by atoms with E-state index in [1.165, 1.54) is 44.3 Å². The first kappa shape index (κ1) is 12.3. The molecule has 0 saturated heterocycles. The van der Waals surface area contributed by atoms with E-state index in [1.807, 2.05) is 18.2 Å². The van der Waals surface area contributed by atoms with Crippen LogP contribution in [0.4, 0.5) is 5.69 Å². The van der Waals surface area contributed by atoms with Crippen molar-refractivity contribution in [3.8, 4) is 0 Å². The molecule has 0 radical (unpaired) electrons. The Labute approximate surface area is 114 Å². The van der Waals surface area contributed by atoms with Crippen molar-refractivity contribution in [1.29, 1.82) is 0 Å². The number of nitrogens with two attached hydrogens (primary N) is 1. The topological polar surface area (TPSA) is 29.3 Å². The molecule has 0 aromatic heterocycles. The molecule has 2 aliphatic carbocycles. The zero-order valence-electron chi connectivity index (χ0n) is 10.7. The van der Waals surface area contributed by atoms with Gasteiger partial charge in [0.25, 0.3) is 0 Å². The van der Waals surface area contributed by atoms with Gasteiger partial charge in [0.1, 0.15) is 0 Å². The van der Waals surface area contributed by atoms with E-state index in [9.17, 15) is 0 Å². The van der Waals surface area contributed by atoms with Crippen LogP contribution in [0.5, 0.6) is 0 Å². The average molecular weight is 265 g/mol. The lowest BCUT2D eigenvalue weighted by atomic mass is 10.1. The molecule has 1 aromatic rings. The maximum absolute atomic E-state index is 6.26. The van der Waals surface area contributed by atoms with Gasteiger partial charge in [0.15, 0.2) is 0 Å². The van der Waals surface area contributed by atoms with Gasteiger partial charge in [-0.15, -0.1) is 0 Å². The van der Waals surface area contributed by atoms with Crippen LogP contribution >= 0.6 is 11.6 Å². The van der Waals surface area contributed by atoms with Crippen molar-refractivity contribution in [3.05, 3.63) is 28.8 Å². The fraction of sp³-hybridized carbons (Fsp3) is 0.600. The fourth-order valence-corrected chi connectivity index (χ4v) is 2.67. The Morgan fingerprint density at radius 3 is 2.28 bits per heavy atom. The van der Waals surface area contributed by atoms with Gasteiger partial charge < -0.3 is 5.73 Å². The molecule has 2 saturated carbocycles. The van der Waals surface area contributed by atoms with Crippen molar-refractivity contribution in [3.63, 3.8) is 0 Å². The summed E-state index contributed by atoms with van der Waals surface area (Å²) in [6.07, 6.45) is 5.63. The first-order valence-corrected chi connectivity index (χ1v) is 7.35. The molecule has 0 heterocycles. The van der Waals surface area contributed by atoms with Crippen molar-refractivity contribution in [1.82, 2.24) is 4.90 Å². The Kier molecular flexibility index (Phi) is 3.49. The number of nitrogens with zero attached hydrogens (tertiary/aromatic N) is 1. The van der Waals surface area contributed by atoms with E-state index in [2.05, 4.69) is 4.90 Å². The lowest BCUT2D eigenvalue weighted by Crippen LogP contribution is -2.28. The Morgan fingerprint density at radius 1 is 1.11 bits per heavy atom. The van der Waals surface area contributed by atoms with Crippen LogP contribution in [-0.4, -0.2) is 18.0 Å². The van der Waals surface area contributed by atoms with Crippen molar-refractivity contribution in [2.75, 3.05) is 18.8 Å². The van der Waals surface area contributed by atoms with Crippen molar-refractivity contribution in [2.45, 2.75) is 32.2 Å². The smallest absolute Gasteiger partial charge is 0.0452 e. The lowest BCUT2D eigenvalue weighted by molar-refractivity contribution is 0.244. The summed E-state index contributed by atoms with van der Waals surface area (Å²) < 4.78 is 0. The first-order chi connectivity index (χ1) is 8.70. The molecule has 2 N–H and O–H groups in total. The quantitative estimate of drug-likeness (QED) is 0.797. The third kappa shape index (κ3) is 3.39. The van der Waals surface area contributed by atoms with Crippen molar-refractivity contribution in [2.24, 2.45) is 11.8 Å². The second-order valence-corrected chi connectivity index (χ2v) is 6.34. The van der Waals surface area contributed by atoms with E-state index >= 15 is 0 Å². The van der Waals surface area contributed by atoms with E-state index < -0.39 is 0 Å². The van der Waals surface area contributed by atoms with Crippen LogP contribution in [0.3, 0.4) is 0 Å². The number of benzene rings is 1. The molecule has 98 valence electrons. The summed E-state index contributed by atoms with van der Waals surface area (Å²) >= 11 is 6.26. The summed E-state index contributed by atoms with van der Waals surface area (Å²) in [5, 5.41) is 0.848. The molecule has 2 aliphatic rings. The second-order valence-electron chi connectivity index (χ2n) is 5.93. The van der Waals surface area contributed by atoms with Gasteiger partial charge in [-0.25, -0.2) is 0 Å². The van der Waals surface area contributed by atoms with Gasteiger partial charge in [-0.1, -0.05) is 11.6 Å². The van der Waals surface area contributed by atoms with E-state index in [0.29, 0.717) is 0 Å². The number of rotatable bonds is 6. The van der Waals surface area contributed by atoms with E-state index in [-0.39, 0.29) is 0 Å². The molecule has 0 unspecified atom stereocenters. The molecule has 3 heteroatoms. The van der Waals surface area contributed by atoms with Gasteiger partial charge in [0.2, 0.25) is 0 Å². The number of nitrogen functional groups attached to an aromatic ring is 1. The lowest BCUT2D eigenvalue weighted by Gasteiger charge is -2.23. The van der Waals surface area contributed by atoms with Crippen molar-refractivity contribution < 1.29 is 0 Å². The van der Waals surface area contributed by atoms with Gasteiger partial charge in [-0.3, -0.25) is 4.90 Å². The molecule has 0 aliphatic heterocycles. The summed E-state index contributed by atoms with van der Waals surface area (Å²) in [4.78, 5) is 2.58. The van der Waals surface area contributed by atoms with Gasteiger partial charge >= 0.3 is 0 Å². The van der Waals surface area contributed by atoms with Crippen LogP contribution in [0.2, 0.25) is 5.02 Å². The minimum atomic E-state index is 0.812. The number of anilines is 1. The van der Waals surface area contributed by atoms with Crippen molar-refractivity contribution >= 4 is 17.3 Å². The summed E-state index contributed by atoms with van der Waals surface area (Å²) in [6, 6.07) is 5.81. The molecule has 1 aromatic carbocycles. The Hall–Kier alpha value is -0.730. The highest BCUT2D eigenvalue weighted by Crippen LogP contribution is 2.34. The zero-order chi connectivity index (χ0) is 12.5. The Balaban J connectivity index is 1.66. The fourth-order valence-electron chi connectivity index (χ4n) is 2.49. The molecule has 0 atom stereocenters. The highest BCUT2D eigenvalue weighted by Gasteiger charge is 2.29. The maximum Gasteiger partial charge on any atom is 0.0452 e. The van der Waals surface area contributed by atoms with Gasteiger partial charge in [0.05, 0.1) is 0 Å². The zero-order valence-corrected chi connectivity index (χ0v) is 11.5. The number of halogens is 1. The average Bonchev–Trinajstić information content (AvgIpc) is 3.19. The summed E-state index contributed by atoms with van der Waals surface area (Å²) in [7, 11) is 0. The minimum absolute atomic E-state index is 0.812. The van der Waals surface area contributed by atoms with Gasteiger partial charge in [-0.05, 0) is 61.3 Å². The number of hydrogen-bond acceptors (Lipinski definition) is 2. The van der Waals surface area contributed by atoms with Crippen LogP contribution in [-0.2, 0) is 6.54 Å². The summed E-state index contributed by atoms with van der Waals surface area (Å²) in [5.74, 6) is 1.87. The largest absolute Gasteiger partial charge is 0.399 e. The Morgan fingerprint density at radius 2 is 1.72 bits per heavy atom. The third-order valence-corrected chi connectivity index (χ3v) is 4.26. The standard InChI is InChI=1S/C15H21ClN2/c16-15-6-5-14(17)7-13(15)10-18(8-11-1-2-11)9-12-3-4-12/h5-7,11-12H,1-4,8-10,17H2. The molecule has 0 amide bonds. The van der Waals surface area contributed by atoms with Gasteiger partial charge in [-0.2, -0.15) is 0 Å². The predicted molar refractivity (Wildman–Crippen MR) is 76.6 cm³/mol. The number of hydrogen-bond donors (Lipinski definition) is 1. The monoisotopic (exact) mass is 264 g/mol.